The fraction of sp³-hybridized carbons (Fsp3) is 0.357. The van der Waals surface area contributed by atoms with Gasteiger partial charge in [0.2, 0.25) is 23.7 Å². The summed E-state index contributed by atoms with van der Waals surface area (Å²) in [5, 5.41) is 19.2. The molecule has 0 aliphatic carbocycles. The van der Waals surface area contributed by atoms with Crippen molar-refractivity contribution < 1.29 is 28.5 Å². The highest BCUT2D eigenvalue weighted by atomic mass is 35.5. The Hall–Kier alpha value is -7.78. The van der Waals surface area contributed by atoms with Crippen molar-refractivity contribution in [3.8, 4) is 33.8 Å². The van der Waals surface area contributed by atoms with Gasteiger partial charge in [0.1, 0.15) is 24.8 Å². The van der Waals surface area contributed by atoms with Crippen molar-refractivity contribution in [2.45, 2.75) is 25.9 Å². The van der Waals surface area contributed by atoms with E-state index in [0.717, 1.165) is 88.6 Å². The van der Waals surface area contributed by atoms with Crippen LogP contribution in [0.15, 0.2) is 74.1 Å². The normalized spacial score (nSPS) is 19.1. The molecule has 0 radical (unpaired) electrons. The number of anilines is 4. The van der Waals surface area contributed by atoms with Crippen molar-refractivity contribution in [3.05, 3.63) is 95.3 Å². The summed E-state index contributed by atoms with van der Waals surface area (Å²) < 4.78 is 24.1. The molecule has 400 valence electrons. The molecular weight excluding hydrogens is 1040 g/mol. The molecule has 22 heteroatoms. The average Bonchev–Trinajstić information content (AvgIpc) is 4.28. The van der Waals surface area contributed by atoms with Gasteiger partial charge in [-0.1, -0.05) is 48.5 Å². The Labute approximate surface area is 458 Å². The molecule has 2 amide bonds. The zero-order valence-electron chi connectivity index (χ0n) is 43.2. The number of halogens is 2. The molecule has 78 heavy (non-hydrogen) atoms. The minimum Gasteiger partial charge on any atom is -0.489 e. The van der Waals surface area contributed by atoms with E-state index >= 15 is 0 Å². The average molecular weight is 1090 g/mol. The van der Waals surface area contributed by atoms with Gasteiger partial charge in [-0.3, -0.25) is 19.8 Å². The lowest BCUT2D eigenvalue weighted by atomic mass is 9.95. The minimum atomic E-state index is -0.0933. The van der Waals surface area contributed by atoms with E-state index in [-0.39, 0.29) is 23.9 Å². The number of hydrogen-bond donors (Lipinski definition) is 2. The summed E-state index contributed by atoms with van der Waals surface area (Å²) in [7, 11) is 0. The first-order chi connectivity index (χ1) is 38.1. The lowest BCUT2D eigenvalue weighted by Gasteiger charge is -2.40. The zero-order valence-corrected chi connectivity index (χ0v) is 44.7. The summed E-state index contributed by atoms with van der Waals surface area (Å²) in [6.07, 6.45) is 6.38. The van der Waals surface area contributed by atoms with Gasteiger partial charge in [-0.2, -0.15) is 20.2 Å². The van der Waals surface area contributed by atoms with E-state index in [9.17, 15) is 9.59 Å². The van der Waals surface area contributed by atoms with Crippen LogP contribution in [-0.2, 0) is 19.1 Å². The molecule has 2 N–H and O–H groups in total. The Morgan fingerprint density at radius 2 is 1.03 bits per heavy atom. The summed E-state index contributed by atoms with van der Waals surface area (Å²) in [6.45, 7) is 21.0. The number of ether oxygens (including phenoxy) is 4. The van der Waals surface area contributed by atoms with Gasteiger partial charge in [-0.05, 0) is 72.5 Å². The number of piperazine rings is 2. The molecule has 10 heterocycles. The van der Waals surface area contributed by atoms with Gasteiger partial charge in [0.05, 0.1) is 93.8 Å². The number of H-pyrrole nitrogens is 2. The second-order valence-electron chi connectivity index (χ2n) is 20.3. The van der Waals surface area contributed by atoms with Crippen LogP contribution in [0.5, 0.6) is 11.5 Å². The van der Waals surface area contributed by atoms with Crippen molar-refractivity contribution in [2.75, 3.05) is 125 Å². The van der Waals surface area contributed by atoms with Gasteiger partial charge in [-0.25, -0.2) is 9.97 Å². The summed E-state index contributed by atoms with van der Waals surface area (Å²) in [5.74, 6) is 3.87. The third-order valence-electron chi connectivity index (χ3n) is 15.8. The van der Waals surface area contributed by atoms with Crippen molar-refractivity contribution in [1.82, 2.24) is 50.1 Å². The summed E-state index contributed by atoms with van der Waals surface area (Å²) in [5.41, 5.74) is 9.20. The smallest absolute Gasteiger partial charge is 0.246 e. The van der Waals surface area contributed by atoms with E-state index in [2.05, 4.69) is 79.1 Å². The first-order valence-corrected chi connectivity index (χ1v) is 27.0. The van der Waals surface area contributed by atoms with Gasteiger partial charge in [0.25, 0.3) is 0 Å². The van der Waals surface area contributed by atoms with E-state index in [1.807, 2.05) is 46.5 Å². The highest BCUT2D eigenvalue weighted by Crippen LogP contribution is 2.50. The van der Waals surface area contributed by atoms with E-state index in [4.69, 9.17) is 62.1 Å². The predicted octanol–water partition coefficient (Wildman–Crippen LogP) is 7.13. The molecule has 14 rings (SSSR count). The quantitative estimate of drug-likeness (QED) is 0.159. The molecule has 4 saturated heterocycles. The molecule has 6 aliphatic heterocycles. The molecular formula is C56H56Cl2N14O6. The van der Waals surface area contributed by atoms with E-state index in [1.165, 1.54) is 12.2 Å². The number of aromatic amines is 2. The van der Waals surface area contributed by atoms with Crippen LogP contribution in [0.25, 0.3) is 65.9 Å². The fourth-order valence-corrected chi connectivity index (χ4v) is 12.4. The Balaban J connectivity index is 0.000000148. The van der Waals surface area contributed by atoms with E-state index < -0.39 is 0 Å². The van der Waals surface area contributed by atoms with Crippen LogP contribution in [0.4, 0.5) is 23.5 Å². The first-order valence-electron chi connectivity index (χ1n) is 26.3. The number of morpholine rings is 2. The van der Waals surface area contributed by atoms with Crippen molar-refractivity contribution in [2.24, 2.45) is 0 Å². The van der Waals surface area contributed by atoms with Gasteiger partial charge in [0, 0.05) is 87.3 Å². The molecule has 0 saturated carbocycles. The topological polar surface area (TPSA) is 199 Å². The maximum atomic E-state index is 12.4. The molecule has 4 aromatic heterocycles. The number of rotatable bonds is 6. The third kappa shape index (κ3) is 8.52. The van der Waals surface area contributed by atoms with Crippen LogP contribution in [0.2, 0.25) is 10.0 Å². The van der Waals surface area contributed by atoms with Crippen LogP contribution in [0.1, 0.15) is 11.1 Å². The lowest BCUT2D eigenvalue weighted by molar-refractivity contribution is -0.127. The Morgan fingerprint density at radius 3 is 1.44 bits per heavy atom. The first kappa shape index (κ1) is 49.8. The molecule has 0 unspecified atom stereocenters. The Kier molecular flexibility index (Phi) is 12.9. The third-order valence-corrected chi connectivity index (χ3v) is 16.6. The number of hydrogen-bond acceptors (Lipinski definition) is 16. The van der Waals surface area contributed by atoms with Crippen molar-refractivity contribution in [3.63, 3.8) is 0 Å². The second kappa shape index (κ2) is 20.2. The van der Waals surface area contributed by atoms with Crippen LogP contribution >= 0.6 is 23.2 Å². The molecule has 8 aromatic rings. The predicted molar refractivity (Wildman–Crippen MR) is 302 cm³/mol. The van der Waals surface area contributed by atoms with Gasteiger partial charge in [0.15, 0.2) is 11.5 Å². The van der Waals surface area contributed by atoms with Crippen LogP contribution in [0, 0.1) is 13.8 Å². The SMILES string of the molecule is C=CC(=O)N1CCN2c3nc(N4CCOCC4)nc4cc(-c5c(C)ccc6[nH]ncc56)c(Cl)c(c34)OC[C@@H]2C1.C=CC(=O)N1CCN2c3nc(N4CCOCC4)nc4cc(-c5c(C)ccc6[nH]ncc56)c(Cl)c(c34)OC[C@@H]2C1. The number of amides is 2. The minimum absolute atomic E-state index is 0.0812. The molecule has 0 spiro atoms. The highest BCUT2D eigenvalue weighted by molar-refractivity contribution is 6.38. The largest absolute Gasteiger partial charge is 0.489 e. The number of carbonyl (C=O) groups excluding carboxylic acids is 2. The molecule has 0 bridgehead atoms. The zero-order chi connectivity index (χ0) is 53.3. The number of aryl methyl sites for hydroxylation is 2. The second-order valence-corrected chi connectivity index (χ2v) is 21.0. The molecule has 2 atom stereocenters. The standard InChI is InChI=1S/2C28H28ClN7O3/c2*1-3-22(37)35-6-7-36-17(14-35)15-39-26-24-21(31-28(32-27(24)36)34-8-10-38-11-9-34)12-18(25(26)29)23-16(2)4-5-20-19(23)13-30-33-20/h2*3-5,12-13,17H,1,6-11,14-15H2,2H3,(H,30,33)/t2*17-/m00/s1. The van der Waals surface area contributed by atoms with E-state index in [0.29, 0.717) is 139 Å². The maximum absolute atomic E-state index is 12.4. The monoisotopic (exact) mass is 1090 g/mol. The number of fused-ring (bicyclic) bond motifs is 6. The fourth-order valence-electron chi connectivity index (χ4n) is 11.8. The molecule has 4 fully saturated rings. The summed E-state index contributed by atoms with van der Waals surface area (Å²) in [6, 6.07) is 12.1. The number of carbonyl (C=O) groups is 2. The maximum Gasteiger partial charge on any atom is 0.246 e. The van der Waals surface area contributed by atoms with E-state index in [1.54, 1.807) is 0 Å². The number of nitrogens with zero attached hydrogens (tertiary/aromatic N) is 12. The van der Waals surface area contributed by atoms with Crippen LogP contribution in [-0.4, -0.2) is 179 Å². The summed E-state index contributed by atoms with van der Waals surface area (Å²) >= 11 is 14.4. The van der Waals surface area contributed by atoms with Crippen LogP contribution in [0.3, 0.4) is 0 Å². The molecule has 4 aromatic carbocycles. The lowest BCUT2D eigenvalue weighted by Crippen LogP contribution is -2.56. The Morgan fingerprint density at radius 1 is 0.603 bits per heavy atom. The molecule has 20 nitrogen and oxygen atoms in total. The Bertz CT molecular complexity index is 3500. The number of aromatic nitrogens is 8. The number of benzene rings is 4. The highest BCUT2D eigenvalue weighted by Gasteiger charge is 2.39. The van der Waals surface area contributed by atoms with Gasteiger partial charge in [-0.15, -0.1) is 0 Å². The number of nitrogens with one attached hydrogen (secondary N) is 2. The van der Waals surface area contributed by atoms with Crippen LogP contribution < -0.4 is 29.1 Å². The van der Waals surface area contributed by atoms with Gasteiger partial charge >= 0.3 is 0 Å². The van der Waals surface area contributed by atoms with Gasteiger partial charge < -0.3 is 48.3 Å². The van der Waals surface area contributed by atoms with Crippen molar-refractivity contribution >= 4 is 102 Å². The molecule has 6 aliphatic rings. The summed E-state index contributed by atoms with van der Waals surface area (Å²) in [4.78, 5) is 57.6. The van der Waals surface area contributed by atoms with Crippen molar-refractivity contribution in [1.29, 1.82) is 0 Å².